The van der Waals surface area contributed by atoms with Crippen LogP contribution in [0.5, 0.6) is 0 Å². The molecule has 2 heterocycles. The van der Waals surface area contributed by atoms with Crippen LogP contribution in [0, 0.1) is 5.82 Å². The van der Waals surface area contributed by atoms with Gasteiger partial charge in [0, 0.05) is 25.1 Å². The van der Waals surface area contributed by atoms with Crippen molar-refractivity contribution in [2.45, 2.75) is 37.1 Å². The van der Waals surface area contributed by atoms with Crippen molar-refractivity contribution in [3.05, 3.63) is 59.2 Å². The van der Waals surface area contributed by atoms with E-state index in [1.807, 2.05) is 12.3 Å². The van der Waals surface area contributed by atoms with E-state index in [2.05, 4.69) is 10.3 Å². The van der Waals surface area contributed by atoms with Gasteiger partial charge in [0.15, 0.2) is 0 Å². The normalized spacial score (nSPS) is 19.9. The van der Waals surface area contributed by atoms with Gasteiger partial charge >= 0.3 is 0 Å². The zero-order valence-corrected chi connectivity index (χ0v) is 13.5. The van der Waals surface area contributed by atoms with E-state index in [9.17, 15) is 9.18 Å². The van der Waals surface area contributed by atoms with Gasteiger partial charge in [-0.25, -0.2) is 4.39 Å². The fourth-order valence-electron chi connectivity index (χ4n) is 3.55. The molecule has 0 unspecified atom stereocenters. The lowest BCUT2D eigenvalue weighted by atomic mass is 9.82. The fraction of sp³-hybridized carbons (Fsp3) is 0.421. The number of aromatic nitrogens is 1. The first-order valence-corrected chi connectivity index (χ1v) is 8.51. The molecule has 2 aliphatic rings. The molecule has 5 heteroatoms. The van der Waals surface area contributed by atoms with Crippen LogP contribution in [0.4, 0.5) is 4.39 Å². The number of aromatic amines is 1. The minimum absolute atomic E-state index is 0.0654. The lowest BCUT2D eigenvalue weighted by Crippen LogP contribution is -2.49. The third-order valence-corrected chi connectivity index (χ3v) is 5.11. The van der Waals surface area contributed by atoms with Crippen molar-refractivity contribution >= 4 is 5.91 Å². The molecule has 2 N–H and O–H groups in total. The first kappa shape index (κ1) is 15.4. The molecular weight excluding hydrogens is 307 g/mol. The third kappa shape index (κ3) is 2.84. The van der Waals surface area contributed by atoms with Crippen LogP contribution in [-0.2, 0) is 10.3 Å². The number of hydrogen-bond donors (Lipinski definition) is 2. The Morgan fingerprint density at radius 3 is 2.54 bits per heavy atom. The first-order chi connectivity index (χ1) is 11.7. The highest BCUT2D eigenvalue weighted by molar-refractivity contribution is 5.96. The summed E-state index contributed by atoms with van der Waals surface area (Å²) in [5.41, 5.74) is 2.20. The maximum Gasteiger partial charge on any atom is 0.253 e. The summed E-state index contributed by atoms with van der Waals surface area (Å²) in [5.74, 6) is 0.149. The highest BCUT2D eigenvalue weighted by atomic mass is 19.1. The average molecular weight is 328 g/mol. The Morgan fingerprint density at radius 1 is 1.17 bits per heavy atom. The molecule has 0 radical (unpaired) electrons. The monoisotopic (exact) mass is 328 g/mol. The minimum Gasteiger partial charge on any atom is -0.381 e. The second-order valence-electron chi connectivity index (χ2n) is 6.73. The number of benzene rings is 1. The molecule has 4 rings (SSSR count). The summed E-state index contributed by atoms with van der Waals surface area (Å²) < 4.78 is 18.8. The van der Waals surface area contributed by atoms with Crippen molar-refractivity contribution in [3.8, 4) is 0 Å². The highest BCUT2D eigenvalue weighted by Crippen LogP contribution is 2.41. The van der Waals surface area contributed by atoms with E-state index >= 15 is 0 Å². The van der Waals surface area contributed by atoms with Crippen molar-refractivity contribution in [1.82, 2.24) is 10.3 Å². The van der Waals surface area contributed by atoms with Gasteiger partial charge in [0.05, 0.1) is 11.1 Å². The molecule has 1 aromatic carbocycles. The highest BCUT2D eigenvalue weighted by Gasteiger charge is 2.37. The quantitative estimate of drug-likeness (QED) is 0.903. The van der Waals surface area contributed by atoms with Crippen LogP contribution in [0.2, 0.25) is 0 Å². The van der Waals surface area contributed by atoms with Gasteiger partial charge in [0.25, 0.3) is 5.91 Å². The van der Waals surface area contributed by atoms with Gasteiger partial charge in [0.1, 0.15) is 5.82 Å². The fourth-order valence-corrected chi connectivity index (χ4v) is 3.55. The number of hydrogen-bond acceptors (Lipinski definition) is 2. The molecule has 4 nitrogen and oxygen atoms in total. The van der Waals surface area contributed by atoms with E-state index in [0.717, 1.165) is 29.7 Å². The van der Waals surface area contributed by atoms with E-state index in [4.69, 9.17) is 4.74 Å². The van der Waals surface area contributed by atoms with E-state index < -0.39 is 5.54 Å². The maximum absolute atomic E-state index is 13.3. The number of amides is 1. The molecule has 0 bridgehead atoms. The van der Waals surface area contributed by atoms with Gasteiger partial charge in [0.2, 0.25) is 0 Å². The van der Waals surface area contributed by atoms with Gasteiger partial charge in [-0.05, 0) is 55.4 Å². The molecule has 1 amide bonds. The van der Waals surface area contributed by atoms with E-state index in [0.29, 0.717) is 32.0 Å². The predicted molar refractivity (Wildman–Crippen MR) is 88.4 cm³/mol. The number of H-pyrrole nitrogens is 1. The third-order valence-electron chi connectivity index (χ3n) is 5.11. The van der Waals surface area contributed by atoms with Crippen molar-refractivity contribution in [2.75, 3.05) is 13.2 Å². The molecule has 126 valence electrons. The molecule has 0 atom stereocenters. The number of rotatable bonds is 4. The zero-order valence-electron chi connectivity index (χ0n) is 13.5. The van der Waals surface area contributed by atoms with Crippen molar-refractivity contribution in [1.29, 1.82) is 0 Å². The Kier molecular flexibility index (Phi) is 3.88. The number of halogens is 1. The second-order valence-corrected chi connectivity index (χ2v) is 6.73. The van der Waals surface area contributed by atoms with Gasteiger partial charge in [-0.15, -0.1) is 0 Å². The summed E-state index contributed by atoms with van der Waals surface area (Å²) >= 11 is 0. The Bertz CT molecular complexity index is 728. The van der Waals surface area contributed by atoms with Crippen LogP contribution in [0.15, 0.2) is 36.5 Å². The van der Waals surface area contributed by atoms with Gasteiger partial charge in [-0.3, -0.25) is 4.79 Å². The van der Waals surface area contributed by atoms with Crippen LogP contribution in [-0.4, -0.2) is 24.1 Å². The number of carbonyl (C=O) groups is 1. The standard InChI is InChI=1S/C19H21FN2O2/c20-15-5-3-14(4-6-15)19(8-11-24-12-9-19)22-18(23)16-7-10-21-17(16)13-1-2-13/h3-7,10,13,21H,1-2,8-9,11-12H2,(H,22,23). The minimum atomic E-state index is -0.499. The molecule has 2 fully saturated rings. The molecule has 1 aliphatic carbocycles. The molecule has 1 aromatic heterocycles. The van der Waals surface area contributed by atoms with Crippen molar-refractivity contribution in [2.24, 2.45) is 0 Å². The molecule has 1 aliphatic heterocycles. The molecule has 1 saturated carbocycles. The summed E-state index contributed by atoms with van der Waals surface area (Å²) in [4.78, 5) is 16.1. The van der Waals surface area contributed by atoms with Crippen molar-refractivity contribution < 1.29 is 13.9 Å². The SMILES string of the molecule is O=C(NC1(c2ccc(F)cc2)CCOCC1)c1cc[nH]c1C1CC1. The lowest BCUT2D eigenvalue weighted by Gasteiger charge is -2.38. The topological polar surface area (TPSA) is 54.1 Å². The summed E-state index contributed by atoms with van der Waals surface area (Å²) in [5, 5.41) is 3.23. The lowest BCUT2D eigenvalue weighted by molar-refractivity contribution is 0.0345. The smallest absolute Gasteiger partial charge is 0.253 e. The van der Waals surface area contributed by atoms with Crippen LogP contribution in [0.25, 0.3) is 0 Å². The van der Waals surface area contributed by atoms with Crippen LogP contribution >= 0.6 is 0 Å². The molecular formula is C19H21FN2O2. The van der Waals surface area contributed by atoms with Crippen LogP contribution in [0.3, 0.4) is 0 Å². The predicted octanol–water partition coefficient (Wildman–Crippen LogP) is 3.47. The van der Waals surface area contributed by atoms with Gasteiger partial charge in [-0.2, -0.15) is 0 Å². The van der Waals surface area contributed by atoms with Gasteiger partial charge in [-0.1, -0.05) is 12.1 Å². The first-order valence-electron chi connectivity index (χ1n) is 8.51. The Hall–Kier alpha value is -2.14. The second kappa shape index (κ2) is 6.06. The Balaban J connectivity index is 1.63. The summed E-state index contributed by atoms with van der Waals surface area (Å²) in [6.45, 7) is 1.17. The summed E-state index contributed by atoms with van der Waals surface area (Å²) in [6.07, 6.45) is 5.48. The van der Waals surface area contributed by atoms with Crippen molar-refractivity contribution in [3.63, 3.8) is 0 Å². The molecule has 0 spiro atoms. The van der Waals surface area contributed by atoms with Crippen LogP contribution < -0.4 is 5.32 Å². The number of nitrogens with one attached hydrogen (secondary N) is 2. The number of ether oxygens (including phenoxy) is 1. The van der Waals surface area contributed by atoms with Gasteiger partial charge < -0.3 is 15.0 Å². The molecule has 2 aromatic rings. The van der Waals surface area contributed by atoms with E-state index in [1.165, 1.54) is 12.1 Å². The Morgan fingerprint density at radius 2 is 1.88 bits per heavy atom. The summed E-state index contributed by atoms with van der Waals surface area (Å²) in [6, 6.07) is 8.27. The number of carbonyl (C=O) groups excluding carboxylic acids is 1. The molecule has 24 heavy (non-hydrogen) atoms. The largest absolute Gasteiger partial charge is 0.381 e. The average Bonchev–Trinajstić information content (AvgIpc) is 3.32. The summed E-state index contributed by atoms with van der Waals surface area (Å²) in [7, 11) is 0. The van der Waals surface area contributed by atoms with E-state index in [-0.39, 0.29) is 11.7 Å². The Labute approximate surface area is 140 Å². The van der Waals surface area contributed by atoms with E-state index in [1.54, 1.807) is 12.1 Å². The van der Waals surface area contributed by atoms with Crippen LogP contribution in [0.1, 0.15) is 53.2 Å². The maximum atomic E-state index is 13.3. The molecule has 1 saturated heterocycles. The zero-order chi connectivity index (χ0) is 16.6.